The zero-order chi connectivity index (χ0) is 41.4. The van der Waals surface area contributed by atoms with E-state index in [2.05, 4.69) is 0 Å². The van der Waals surface area contributed by atoms with E-state index in [0.29, 0.717) is 38.6 Å². The number of aliphatic hydroxyl groups excluding tert-OH is 1. The molecule has 4 aliphatic rings. The predicted molar refractivity (Wildman–Crippen MR) is 198 cm³/mol. The maximum absolute atomic E-state index is 13.1. The van der Waals surface area contributed by atoms with Gasteiger partial charge in [-0.15, -0.1) is 0 Å². The summed E-state index contributed by atoms with van der Waals surface area (Å²) in [6.07, 6.45) is -1.09. The minimum Gasteiger partial charge on any atom is -0.443 e. The van der Waals surface area contributed by atoms with E-state index in [1.54, 1.807) is 90.1 Å². The maximum Gasteiger partial charge on any atom is 0.424 e. The fraction of sp³-hybridized carbons (Fsp3) is 0.475. The molecule has 4 fully saturated rings. The molecule has 298 valence electrons. The normalized spacial score (nSPS) is 22.8. The largest absolute Gasteiger partial charge is 0.443 e. The van der Waals surface area contributed by atoms with Gasteiger partial charge < -0.3 is 24.4 Å². The highest BCUT2D eigenvalue weighted by atomic mass is 16.6. The summed E-state index contributed by atoms with van der Waals surface area (Å²) >= 11 is 0. The number of nitrogens with zero attached hydrogens (tertiary/aromatic N) is 4. The van der Waals surface area contributed by atoms with Crippen molar-refractivity contribution in [2.45, 2.75) is 97.9 Å². The van der Waals surface area contributed by atoms with Crippen LogP contribution >= 0.6 is 0 Å². The van der Waals surface area contributed by atoms with E-state index in [-0.39, 0.29) is 70.0 Å². The van der Waals surface area contributed by atoms with E-state index in [4.69, 9.17) is 14.6 Å². The summed E-state index contributed by atoms with van der Waals surface area (Å²) in [5, 5.41) is 9.16. The summed E-state index contributed by atoms with van der Waals surface area (Å²) in [6, 6.07) is 13.2. The molecule has 0 aliphatic carbocycles. The second-order valence-electron chi connectivity index (χ2n) is 16.4. The third-order valence-corrected chi connectivity index (χ3v) is 9.87. The number of benzene rings is 2. The van der Waals surface area contributed by atoms with Crippen LogP contribution in [0.25, 0.3) is 0 Å². The molecule has 2 aromatic rings. The second kappa shape index (κ2) is 15.4. The first kappa shape index (κ1) is 41.4. The van der Waals surface area contributed by atoms with Crippen LogP contribution in [0.1, 0.15) is 96.0 Å². The molecule has 1 N–H and O–H groups in total. The number of aldehydes is 1. The number of carbonyl (C=O) groups excluding carboxylic acids is 9. The minimum absolute atomic E-state index is 0.00441. The number of piperidine rings is 2. The fourth-order valence-corrected chi connectivity index (χ4v) is 7.08. The number of ether oxygens (including phenoxy) is 2. The molecule has 0 radical (unpaired) electrons. The van der Waals surface area contributed by atoms with Crippen LogP contribution < -0.4 is 9.80 Å². The van der Waals surface area contributed by atoms with E-state index in [0.717, 1.165) is 0 Å². The Morgan fingerprint density at radius 3 is 1.36 bits per heavy atom. The van der Waals surface area contributed by atoms with Crippen LogP contribution in [0.5, 0.6) is 0 Å². The van der Waals surface area contributed by atoms with E-state index in [1.807, 2.05) is 0 Å². The first-order valence-corrected chi connectivity index (χ1v) is 18.2. The topological polar surface area (TPSA) is 205 Å². The van der Waals surface area contributed by atoms with Gasteiger partial charge in [0.25, 0.3) is 0 Å². The van der Waals surface area contributed by atoms with E-state index in [1.165, 1.54) is 9.80 Å². The molecular weight excluding hydrogens is 728 g/mol. The highest BCUT2D eigenvalue weighted by molar-refractivity contribution is 6.16. The van der Waals surface area contributed by atoms with Crippen molar-refractivity contribution in [3.63, 3.8) is 0 Å². The molecule has 8 amide bonds. The first-order chi connectivity index (χ1) is 26.1. The van der Waals surface area contributed by atoms with Crippen LogP contribution in [0, 0.1) is 10.8 Å². The van der Waals surface area contributed by atoms with Gasteiger partial charge in [0.2, 0.25) is 35.4 Å². The van der Waals surface area contributed by atoms with Crippen molar-refractivity contribution in [2.75, 3.05) is 22.9 Å². The molecule has 4 aliphatic heterocycles. The zero-order valence-electron chi connectivity index (χ0n) is 32.3. The predicted octanol–water partition coefficient (Wildman–Crippen LogP) is 4.29. The minimum atomic E-state index is -1.15. The molecule has 16 heteroatoms. The van der Waals surface area contributed by atoms with Gasteiger partial charge in [-0.1, -0.05) is 12.1 Å². The van der Waals surface area contributed by atoms with Gasteiger partial charge in [-0.2, -0.15) is 9.80 Å². The molecular formula is C40H46N4O12. The van der Waals surface area contributed by atoms with Crippen LogP contribution in [-0.4, -0.2) is 93.1 Å². The average Bonchev–Trinajstić information content (AvgIpc) is 3.64. The zero-order valence-corrected chi connectivity index (χ0v) is 32.3. The molecule has 0 bridgehead atoms. The van der Waals surface area contributed by atoms with Crippen LogP contribution in [-0.2, 0) is 44.8 Å². The fourth-order valence-electron chi connectivity index (χ4n) is 7.08. The van der Waals surface area contributed by atoms with Crippen LogP contribution in [0.15, 0.2) is 48.5 Å². The number of aliphatic hydroxyl groups is 1. The summed E-state index contributed by atoms with van der Waals surface area (Å²) in [7, 11) is 0. The summed E-state index contributed by atoms with van der Waals surface area (Å²) in [4.78, 5) is 116. The van der Waals surface area contributed by atoms with Crippen molar-refractivity contribution in [3.05, 3.63) is 59.7 Å². The van der Waals surface area contributed by atoms with Crippen LogP contribution in [0.2, 0.25) is 0 Å². The van der Waals surface area contributed by atoms with Crippen molar-refractivity contribution in [1.29, 1.82) is 0 Å². The Bertz CT molecular complexity index is 1960. The SMILES string of the molecule is CC(C)(C)OC(=O)N1C(=O)CCC2(CC(=O)N(c3ccc(C=O)cc3)C2)C1=O.CC(C)(C)OC(=O)N1C(=O)CCC2(CC(=O)N(c3ccc(CO)cc3)C2)C1=O. The molecule has 56 heavy (non-hydrogen) atoms. The van der Waals surface area contributed by atoms with Gasteiger partial charge in [-0.05, 0) is 96.3 Å². The molecule has 0 saturated carbocycles. The standard InChI is InChI=1S/C20H24N2O6.C20H22N2O6/c2*1-19(2,3)28-18(27)22-15(24)8-9-20(17(22)26)10-16(25)21(12-20)14-6-4-13(11-23)5-7-14/h4-7,23H,8-12H2,1-3H3;4-7,11H,8-10,12H2,1-3H3. The molecule has 2 unspecified atom stereocenters. The van der Waals surface area contributed by atoms with Gasteiger partial charge in [0, 0.05) is 55.7 Å². The molecule has 16 nitrogen and oxygen atoms in total. The molecule has 2 spiro atoms. The number of rotatable bonds is 4. The second-order valence-corrected chi connectivity index (χ2v) is 16.4. The van der Waals surface area contributed by atoms with E-state index < -0.39 is 57.8 Å². The highest BCUT2D eigenvalue weighted by Crippen LogP contribution is 2.44. The van der Waals surface area contributed by atoms with Gasteiger partial charge in [0.05, 0.1) is 17.4 Å². The van der Waals surface area contributed by atoms with Crippen molar-refractivity contribution in [3.8, 4) is 0 Å². The van der Waals surface area contributed by atoms with Crippen molar-refractivity contribution >= 4 is 65.3 Å². The lowest BCUT2D eigenvalue weighted by Gasteiger charge is -2.36. The van der Waals surface area contributed by atoms with Crippen LogP contribution in [0.4, 0.5) is 21.0 Å². The number of amides is 8. The highest BCUT2D eigenvalue weighted by Gasteiger charge is 2.58. The van der Waals surface area contributed by atoms with Crippen molar-refractivity contribution in [1.82, 2.24) is 9.80 Å². The molecule has 4 saturated heterocycles. The Morgan fingerprint density at radius 1 is 0.643 bits per heavy atom. The lowest BCUT2D eigenvalue weighted by atomic mass is 9.78. The lowest BCUT2D eigenvalue weighted by molar-refractivity contribution is -0.157. The number of imide groups is 6. The average molecular weight is 775 g/mol. The number of hydrogen-bond acceptors (Lipinski definition) is 12. The number of hydrogen-bond donors (Lipinski definition) is 1. The number of anilines is 2. The Labute approximate surface area is 323 Å². The summed E-state index contributed by atoms with van der Waals surface area (Å²) in [5.74, 6) is -3.12. The van der Waals surface area contributed by atoms with E-state index in [9.17, 15) is 43.2 Å². The Hall–Kier alpha value is -5.77. The number of likely N-dealkylation sites (tertiary alicyclic amines) is 2. The smallest absolute Gasteiger partial charge is 0.424 e. The van der Waals surface area contributed by atoms with Gasteiger partial charge in [-0.25, -0.2) is 9.59 Å². The van der Waals surface area contributed by atoms with Gasteiger partial charge in [-0.3, -0.25) is 33.6 Å². The quantitative estimate of drug-likeness (QED) is 0.341. The third kappa shape index (κ3) is 8.54. The molecule has 6 rings (SSSR count). The summed E-state index contributed by atoms with van der Waals surface area (Å²) in [5.41, 5.74) is -1.65. The summed E-state index contributed by atoms with van der Waals surface area (Å²) in [6.45, 7) is 9.93. The lowest BCUT2D eigenvalue weighted by Crippen LogP contribution is -2.55. The van der Waals surface area contributed by atoms with Gasteiger partial charge >= 0.3 is 12.2 Å². The Kier molecular flexibility index (Phi) is 11.4. The first-order valence-electron chi connectivity index (χ1n) is 18.2. The summed E-state index contributed by atoms with van der Waals surface area (Å²) < 4.78 is 10.4. The van der Waals surface area contributed by atoms with Crippen molar-refractivity contribution in [2.24, 2.45) is 10.8 Å². The Morgan fingerprint density at radius 2 is 1.02 bits per heavy atom. The third-order valence-electron chi connectivity index (χ3n) is 9.87. The number of carbonyl (C=O) groups is 9. The van der Waals surface area contributed by atoms with Crippen LogP contribution in [0.3, 0.4) is 0 Å². The van der Waals surface area contributed by atoms with E-state index >= 15 is 0 Å². The molecule has 2 aromatic carbocycles. The molecule has 0 aromatic heterocycles. The molecule has 2 atom stereocenters. The van der Waals surface area contributed by atoms with Gasteiger partial charge in [0.1, 0.15) is 17.5 Å². The van der Waals surface area contributed by atoms with Crippen molar-refractivity contribution < 1.29 is 57.7 Å². The molecule has 4 heterocycles. The Balaban J connectivity index is 0.000000214. The van der Waals surface area contributed by atoms with Gasteiger partial charge in [0.15, 0.2) is 0 Å². The maximum atomic E-state index is 13.1. The monoisotopic (exact) mass is 774 g/mol.